The Labute approximate surface area is 180 Å². The zero-order valence-corrected chi connectivity index (χ0v) is 17.3. The van der Waals surface area contributed by atoms with Gasteiger partial charge in [-0.1, -0.05) is 0 Å². The van der Waals surface area contributed by atoms with Gasteiger partial charge in [0.2, 0.25) is 0 Å². The first-order chi connectivity index (χ1) is 15.0. The molecule has 0 spiro atoms. The second-order valence-electron chi connectivity index (χ2n) is 7.71. The number of aromatic nitrogens is 3. The fourth-order valence-corrected chi connectivity index (χ4v) is 3.59. The van der Waals surface area contributed by atoms with Crippen LogP contribution in [0.4, 0.5) is 5.82 Å². The summed E-state index contributed by atoms with van der Waals surface area (Å²) >= 11 is 0. The highest BCUT2D eigenvalue weighted by Gasteiger charge is 2.19. The molecule has 1 saturated heterocycles. The standard InChI is InChI=1S/C22H26N6O3/c1-13(29)11-31-16-6-4-14(5-7-16)18-9-17(21(23)30)19-20(28-18)22(26-12-25-19)27-15-3-2-8-24-10-15/h4-7,9,12-13,15,24,29H,2-3,8,10-11H2,1H3,(H2,23,30)(H,25,26,27)/t13-,15+/m1/s1. The molecule has 5 N–H and O–H groups in total. The molecule has 9 heteroatoms. The van der Waals surface area contributed by atoms with Gasteiger partial charge in [0.25, 0.3) is 5.91 Å². The summed E-state index contributed by atoms with van der Waals surface area (Å²) in [6.45, 7) is 3.72. The smallest absolute Gasteiger partial charge is 0.251 e. The molecule has 1 aliphatic rings. The summed E-state index contributed by atoms with van der Waals surface area (Å²) in [5.41, 5.74) is 8.26. The van der Waals surface area contributed by atoms with Gasteiger partial charge in [-0.05, 0) is 56.6 Å². The number of carbonyl (C=O) groups is 1. The first-order valence-electron chi connectivity index (χ1n) is 10.4. The van der Waals surface area contributed by atoms with Crippen LogP contribution in [0.2, 0.25) is 0 Å². The fraction of sp³-hybridized carbons (Fsp3) is 0.364. The van der Waals surface area contributed by atoms with Gasteiger partial charge < -0.3 is 26.2 Å². The Kier molecular flexibility index (Phi) is 6.24. The molecule has 4 rings (SSSR count). The molecule has 9 nitrogen and oxygen atoms in total. The number of benzene rings is 1. The summed E-state index contributed by atoms with van der Waals surface area (Å²) < 4.78 is 5.51. The number of rotatable bonds is 7. The number of amides is 1. The van der Waals surface area contributed by atoms with Crippen LogP contribution in [0.25, 0.3) is 22.3 Å². The summed E-state index contributed by atoms with van der Waals surface area (Å²) in [6, 6.07) is 9.15. The van der Waals surface area contributed by atoms with Crippen LogP contribution < -0.4 is 21.1 Å². The summed E-state index contributed by atoms with van der Waals surface area (Å²) in [4.78, 5) is 25.6. The van der Waals surface area contributed by atoms with Gasteiger partial charge in [0.05, 0.1) is 17.4 Å². The molecule has 0 saturated carbocycles. The lowest BCUT2D eigenvalue weighted by Gasteiger charge is -2.24. The molecule has 3 aromatic rings. The number of fused-ring (bicyclic) bond motifs is 1. The summed E-state index contributed by atoms with van der Waals surface area (Å²) in [5, 5.41) is 16.2. The Morgan fingerprint density at radius 2 is 2.13 bits per heavy atom. The van der Waals surface area contributed by atoms with Crippen LogP contribution in [0.1, 0.15) is 30.1 Å². The number of aliphatic hydroxyl groups excluding tert-OH is 1. The van der Waals surface area contributed by atoms with E-state index in [1.807, 2.05) is 12.1 Å². The van der Waals surface area contributed by atoms with E-state index in [0.29, 0.717) is 33.9 Å². The molecular formula is C22H26N6O3. The first kappa shape index (κ1) is 21.0. The highest BCUT2D eigenvalue weighted by Crippen LogP contribution is 2.28. The van der Waals surface area contributed by atoms with E-state index in [2.05, 4.69) is 20.6 Å². The van der Waals surface area contributed by atoms with Crippen molar-refractivity contribution in [1.29, 1.82) is 0 Å². The van der Waals surface area contributed by atoms with Gasteiger partial charge in [-0.15, -0.1) is 0 Å². The molecule has 0 radical (unpaired) electrons. The highest BCUT2D eigenvalue weighted by atomic mass is 16.5. The Hall–Kier alpha value is -3.30. The second-order valence-corrected chi connectivity index (χ2v) is 7.71. The second kappa shape index (κ2) is 9.23. The maximum absolute atomic E-state index is 12.2. The largest absolute Gasteiger partial charge is 0.491 e. The third-order valence-electron chi connectivity index (χ3n) is 5.14. The number of anilines is 1. The van der Waals surface area contributed by atoms with Crippen LogP contribution in [0.3, 0.4) is 0 Å². The van der Waals surface area contributed by atoms with Crippen molar-refractivity contribution in [3.63, 3.8) is 0 Å². The Bertz CT molecular complexity index is 1060. The predicted molar refractivity (Wildman–Crippen MR) is 118 cm³/mol. The SMILES string of the molecule is C[C@@H](O)COc1ccc(-c2cc(C(N)=O)c3ncnc(N[C@H]4CCCNC4)c3n2)cc1. The third kappa shape index (κ3) is 4.89. The van der Waals surface area contributed by atoms with Gasteiger partial charge in [0.15, 0.2) is 5.82 Å². The number of nitrogens with one attached hydrogen (secondary N) is 2. The average Bonchev–Trinajstić information content (AvgIpc) is 2.78. The molecule has 1 fully saturated rings. The number of carbonyl (C=O) groups excluding carboxylic acids is 1. The third-order valence-corrected chi connectivity index (χ3v) is 5.14. The van der Waals surface area contributed by atoms with E-state index in [-0.39, 0.29) is 12.6 Å². The number of hydrogen-bond donors (Lipinski definition) is 4. The lowest BCUT2D eigenvalue weighted by molar-refractivity contribution is 0.100. The van der Waals surface area contributed by atoms with Crippen LogP contribution in [-0.2, 0) is 0 Å². The van der Waals surface area contributed by atoms with Crippen LogP contribution >= 0.6 is 0 Å². The number of piperidine rings is 1. The van der Waals surface area contributed by atoms with Crippen LogP contribution in [0.5, 0.6) is 5.75 Å². The molecular weight excluding hydrogens is 396 g/mol. The van der Waals surface area contributed by atoms with Gasteiger partial charge in [0, 0.05) is 18.2 Å². The van der Waals surface area contributed by atoms with Crippen molar-refractivity contribution in [2.75, 3.05) is 25.0 Å². The molecule has 0 unspecified atom stereocenters. The molecule has 2 aromatic heterocycles. The minimum absolute atomic E-state index is 0.210. The number of aliphatic hydroxyl groups is 1. The minimum Gasteiger partial charge on any atom is -0.491 e. The van der Waals surface area contributed by atoms with Crippen molar-refractivity contribution in [3.8, 4) is 17.0 Å². The van der Waals surface area contributed by atoms with E-state index in [9.17, 15) is 9.90 Å². The zero-order valence-electron chi connectivity index (χ0n) is 17.3. The lowest BCUT2D eigenvalue weighted by Crippen LogP contribution is -2.38. The maximum Gasteiger partial charge on any atom is 0.251 e. The normalized spacial score (nSPS) is 17.3. The maximum atomic E-state index is 12.2. The van der Waals surface area contributed by atoms with Gasteiger partial charge in [-0.3, -0.25) is 4.79 Å². The van der Waals surface area contributed by atoms with Crippen LogP contribution in [-0.4, -0.2) is 57.8 Å². The average molecular weight is 422 g/mol. The molecule has 1 amide bonds. The van der Waals surface area contributed by atoms with E-state index in [0.717, 1.165) is 31.5 Å². The van der Waals surface area contributed by atoms with Crippen molar-refractivity contribution >= 4 is 22.8 Å². The molecule has 1 aromatic carbocycles. The van der Waals surface area contributed by atoms with Gasteiger partial charge in [-0.25, -0.2) is 15.0 Å². The summed E-state index contributed by atoms with van der Waals surface area (Å²) in [5.74, 6) is 0.644. The van der Waals surface area contributed by atoms with E-state index < -0.39 is 12.0 Å². The quantitative estimate of drug-likeness (QED) is 0.452. The first-order valence-corrected chi connectivity index (χ1v) is 10.4. The molecule has 31 heavy (non-hydrogen) atoms. The monoisotopic (exact) mass is 422 g/mol. The predicted octanol–water partition coefficient (Wildman–Crippen LogP) is 1.71. The van der Waals surface area contributed by atoms with Crippen molar-refractivity contribution in [3.05, 3.63) is 42.2 Å². The number of nitrogens with two attached hydrogens (primary N) is 1. The topological polar surface area (TPSA) is 135 Å². The molecule has 1 aliphatic heterocycles. The number of ether oxygens (including phenoxy) is 1. The fourth-order valence-electron chi connectivity index (χ4n) is 3.59. The number of hydrogen-bond acceptors (Lipinski definition) is 8. The zero-order chi connectivity index (χ0) is 21.8. The number of pyridine rings is 1. The molecule has 162 valence electrons. The summed E-state index contributed by atoms with van der Waals surface area (Å²) in [7, 11) is 0. The Morgan fingerprint density at radius 3 is 2.81 bits per heavy atom. The van der Waals surface area contributed by atoms with Crippen LogP contribution in [0.15, 0.2) is 36.7 Å². The molecule has 0 bridgehead atoms. The van der Waals surface area contributed by atoms with Crippen LogP contribution in [0, 0.1) is 0 Å². The number of primary amides is 1. The van der Waals surface area contributed by atoms with Crippen molar-refractivity contribution in [1.82, 2.24) is 20.3 Å². The van der Waals surface area contributed by atoms with E-state index in [4.69, 9.17) is 15.5 Å². The van der Waals surface area contributed by atoms with E-state index in [1.165, 1.54) is 6.33 Å². The minimum atomic E-state index is -0.575. The molecule has 3 heterocycles. The van der Waals surface area contributed by atoms with Gasteiger partial charge in [-0.2, -0.15) is 0 Å². The molecule has 2 atom stereocenters. The Morgan fingerprint density at radius 1 is 1.32 bits per heavy atom. The Balaban J connectivity index is 1.71. The highest BCUT2D eigenvalue weighted by molar-refractivity contribution is 6.06. The van der Waals surface area contributed by atoms with Crippen molar-refractivity contribution < 1.29 is 14.6 Å². The molecule has 0 aliphatic carbocycles. The number of nitrogens with zero attached hydrogens (tertiary/aromatic N) is 3. The summed E-state index contributed by atoms with van der Waals surface area (Å²) in [6.07, 6.45) is 2.97. The van der Waals surface area contributed by atoms with Gasteiger partial charge in [0.1, 0.15) is 29.7 Å². The van der Waals surface area contributed by atoms with E-state index >= 15 is 0 Å². The van der Waals surface area contributed by atoms with E-state index in [1.54, 1.807) is 25.1 Å². The van der Waals surface area contributed by atoms with Crippen molar-refractivity contribution in [2.24, 2.45) is 5.73 Å². The van der Waals surface area contributed by atoms with Gasteiger partial charge >= 0.3 is 0 Å². The van der Waals surface area contributed by atoms with Crippen molar-refractivity contribution in [2.45, 2.75) is 31.9 Å². The lowest BCUT2D eigenvalue weighted by atomic mass is 10.1.